The van der Waals surface area contributed by atoms with Crippen LogP contribution in [0.3, 0.4) is 0 Å². The Morgan fingerprint density at radius 3 is 2.21 bits per heavy atom. The van der Waals surface area contributed by atoms with Crippen LogP contribution in [0.25, 0.3) is 0 Å². The number of fused-ring (bicyclic) bond motifs is 1. The first-order valence-corrected chi connectivity index (χ1v) is 7.50. The maximum absolute atomic E-state index is 12.1. The van der Waals surface area contributed by atoms with E-state index in [9.17, 15) is 14.4 Å². The van der Waals surface area contributed by atoms with E-state index in [1.165, 1.54) is 12.1 Å². The molecule has 24 heavy (non-hydrogen) atoms. The van der Waals surface area contributed by atoms with E-state index in [0.717, 1.165) is 0 Å². The van der Waals surface area contributed by atoms with Crippen molar-refractivity contribution in [3.63, 3.8) is 0 Å². The second-order valence-electron chi connectivity index (χ2n) is 6.55. The lowest BCUT2D eigenvalue weighted by Crippen LogP contribution is -2.33. The van der Waals surface area contributed by atoms with E-state index in [0.29, 0.717) is 10.6 Å². The van der Waals surface area contributed by atoms with Crippen LogP contribution in [0.1, 0.15) is 47.1 Å². The summed E-state index contributed by atoms with van der Waals surface area (Å²) in [4.78, 5) is 41.3. The summed E-state index contributed by atoms with van der Waals surface area (Å²) in [5.74, 6) is -1.96. The van der Waals surface area contributed by atoms with Crippen molar-refractivity contribution in [2.24, 2.45) is 0 Å². The number of nitrogens with zero attached hydrogens (tertiary/aromatic N) is 3. The average molecular weight is 327 g/mol. The first kappa shape index (κ1) is 15.9. The Kier molecular flexibility index (Phi) is 3.71. The fraction of sp³-hybridized carbons (Fsp3) is 0.294. The molecule has 0 radical (unpaired) electrons. The lowest BCUT2D eigenvalue weighted by molar-refractivity contribution is -0.167. The van der Waals surface area contributed by atoms with Crippen molar-refractivity contribution < 1.29 is 19.2 Å². The normalized spacial score (nSPS) is 14.0. The Morgan fingerprint density at radius 2 is 1.71 bits per heavy atom. The van der Waals surface area contributed by atoms with Crippen molar-refractivity contribution >= 4 is 17.8 Å². The summed E-state index contributed by atoms with van der Waals surface area (Å²) in [5, 5.41) is 4.71. The van der Waals surface area contributed by atoms with E-state index in [1.54, 1.807) is 29.2 Å². The first-order valence-electron chi connectivity index (χ1n) is 7.50. The van der Waals surface area contributed by atoms with Crippen LogP contribution in [0.5, 0.6) is 0 Å². The summed E-state index contributed by atoms with van der Waals surface area (Å²) in [6.07, 6.45) is 3.22. The van der Waals surface area contributed by atoms with Crippen LogP contribution in [0.4, 0.5) is 0 Å². The maximum Gasteiger partial charge on any atom is 0.337 e. The molecule has 0 aliphatic carbocycles. The summed E-state index contributed by atoms with van der Waals surface area (Å²) < 4.78 is 1.73. The number of benzene rings is 1. The quantitative estimate of drug-likeness (QED) is 0.805. The summed E-state index contributed by atoms with van der Waals surface area (Å²) in [5.41, 5.74) is 0.906. The number of aromatic nitrogens is 2. The van der Waals surface area contributed by atoms with Crippen LogP contribution in [-0.4, -0.2) is 32.6 Å². The smallest absolute Gasteiger partial charge is 0.329 e. The van der Waals surface area contributed by atoms with Gasteiger partial charge in [-0.2, -0.15) is 5.10 Å². The summed E-state index contributed by atoms with van der Waals surface area (Å²) in [6, 6.07) is 6.35. The van der Waals surface area contributed by atoms with Crippen LogP contribution in [0.2, 0.25) is 0 Å². The fourth-order valence-corrected chi connectivity index (χ4v) is 2.37. The molecule has 7 heteroatoms. The molecule has 0 saturated carbocycles. The van der Waals surface area contributed by atoms with E-state index < -0.39 is 17.8 Å². The third-order valence-corrected chi connectivity index (χ3v) is 3.62. The van der Waals surface area contributed by atoms with Crippen LogP contribution in [0.15, 0.2) is 36.7 Å². The van der Waals surface area contributed by atoms with E-state index in [-0.39, 0.29) is 23.1 Å². The molecular formula is C17H17N3O4. The molecule has 3 rings (SSSR count). The predicted molar refractivity (Wildman–Crippen MR) is 84.0 cm³/mol. The maximum atomic E-state index is 12.1. The van der Waals surface area contributed by atoms with Crippen molar-refractivity contribution in [1.29, 1.82) is 0 Å². The highest BCUT2D eigenvalue weighted by molar-refractivity contribution is 6.20. The zero-order valence-corrected chi connectivity index (χ0v) is 13.6. The number of carbonyl (C=O) groups is 3. The lowest BCUT2D eigenvalue weighted by Gasteiger charge is -2.18. The molecule has 1 aliphatic rings. The molecule has 0 atom stereocenters. The molecule has 1 aromatic carbocycles. The Morgan fingerprint density at radius 1 is 1.12 bits per heavy atom. The zero-order chi connectivity index (χ0) is 17.5. The SMILES string of the molecule is CC(C)(C)n1cc(CC(=O)ON2C(=O)c3ccccc3C2=O)cn1. The minimum atomic E-state index is -0.696. The third kappa shape index (κ3) is 2.80. The molecule has 0 saturated heterocycles. The number of hydroxylamine groups is 2. The van der Waals surface area contributed by atoms with Crippen molar-refractivity contribution in [3.05, 3.63) is 53.3 Å². The Balaban J connectivity index is 1.69. The van der Waals surface area contributed by atoms with Gasteiger partial charge in [-0.25, -0.2) is 4.79 Å². The van der Waals surface area contributed by atoms with Gasteiger partial charge in [0.05, 0.1) is 29.3 Å². The number of rotatable bonds is 3. The molecule has 2 amide bonds. The summed E-state index contributed by atoms with van der Waals surface area (Å²) in [7, 11) is 0. The fourth-order valence-electron chi connectivity index (χ4n) is 2.37. The highest BCUT2D eigenvalue weighted by atomic mass is 16.7. The topological polar surface area (TPSA) is 81.5 Å². The lowest BCUT2D eigenvalue weighted by atomic mass is 10.1. The van der Waals surface area contributed by atoms with Gasteiger partial charge in [-0.1, -0.05) is 17.2 Å². The molecule has 0 N–H and O–H groups in total. The molecule has 0 unspecified atom stereocenters. The average Bonchev–Trinajstić information content (AvgIpc) is 3.07. The molecule has 1 aliphatic heterocycles. The number of carbonyl (C=O) groups excluding carboxylic acids is 3. The van der Waals surface area contributed by atoms with Crippen LogP contribution in [0, 0.1) is 0 Å². The summed E-state index contributed by atoms with van der Waals surface area (Å²) >= 11 is 0. The Bertz CT molecular complexity index is 797. The van der Waals surface area contributed by atoms with Crippen LogP contribution >= 0.6 is 0 Å². The zero-order valence-electron chi connectivity index (χ0n) is 13.6. The van der Waals surface area contributed by atoms with E-state index >= 15 is 0 Å². The molecule has 124 valence electrons. The van der Waals surface area contributed by atoms with Crippen LogP contribution < -0.4 is 0 Å². The van der Waals surface area contributed by atoms with Crippen molar-refractivity contribution in [2.75, 3.05) is 0 Å². The van der Waals surface area contributed by atoms with Gasteiger partial charge in [0, 0.05) is 11.8 Å². The predicted octanol–water partition coefficient (Wildman–Crippen LogP) is 1.93. The third-order valence-electron chi connectivity index (χ3n) is 3.62. The minimum Gasteiger partial charge on any atom is -0.329 e. The van der Waals surface area contributed by atoms with Gasteiger partial charge in [0.25, 0.3) is 11.8 Å². The molecular weight excluding hydrogens is 310 g/mol. The highest BCUT2D eigenvalue weighted by Gasteiger charge is 2.38. The Labute approximate surface area is 138 Å². The largest absolute Gasteiger partial charge is 0.337 e. The summed E-state index contributed by atoms with van der Waals surface area (Å²) in [6.45, 7) is 5.96. The molecule has 2 aromatic rings. The van der Waals surface area contributed by atoms with Gasteiger partial charge in [-0.05, 0) is 32.9 Å². The number of hydrogen-bond acceptors (Lipinski definition) is 5. The van der Waals surface area contributed by atoms with E-state index in [1.807, 2.05) is 20.8 Å². The molecule has 0 bridgehead atoms. The first-order chi connectivity index (χ1) is 11.3. The van der Waals surface area contributed by atoms with Crippen molar-refractivity contribution in [3.8, 4) is 0 Å². The van der Waals surface area contributed by atoms with Gasteiger partial charge in [-0.15, -0.1) is 0 Å². The number of hydrogen-bond donors (Lipinski definition) is 0. The number of imide groups is 1. The van der Waals surface area contributed by atoms with Gasteiger partial charge in [0.2, 0.25) is 0 Å². The van der Waals surface area contributed by atoms with Gasteiger partial charge >= 0.3 is 5.97 Å². The molecule has 0 fully saturated rings. The standard InChI is InChI=1S/C17H17N3O4/c1-17(2,3)19-10-11(9-18-19)8-14(21)24-20-15(22)12-6-4-5-7-13(12)16(20)23/h4-7,9-10H,8H2,1-3H3. The van der Waals surface area contributed by atoms with Crippen LogP contribution in [-0.2, 0) is 21.6 Å². The van der Waals surface area contributed by atoms with Gasteiger partial charge < -0.3 is 4.84 Å². The Hall–Kier alpha value is -2.96. The molecule has 1 aromatic heterocycles. The van der Waals surface area contributed by atoms with Crippen molar-refractivity contribution in [1.82, 2.24) is 14.8 Å². The molecule has 0 spiro atoms. The second kappa shape index (κ2) is 5.59. The second-order valence-corrected chi connectivity index (χ2v) is 6.55. The molecule has 7 nitrogen and oxygen atoms in total. The van der Waals surface area contributed by atoms with E-state index in [2.05, 4.69) is 5.10 Å². The molecule has 2 heterocycles. The van der Waals surface area contributed by atoms with E-state index in [4.69, 9.17) is 4.84 Å². The van der Waals surface area contributed by atoms with Crippen molar-refractivity contribution in [2.45, 2.75) is 32.7 Å². The van der Waals surface area contributed by atoms with Gasteiger partial charge in [-0.3, -0.25) is 14.3 Å². The highest BCUT2D eigenvalue weighted by Crippen LogP contribution is 2.23. The monoisotopic (exact) mass is 327 g/mol. The number of amides is 2. The van der Waals surface area contributed by atoms with Gasteiger partial charge in [0.15, 0.2) is 0 Å². The van der Waals surface area contributed by atoms with Gasteiger partial charge in [0.1, 0.15) is 0 Å². The minimum absolute atomic E-state index is 0.0799.